The van der Waals surface area contributed by atoms with Crippen molar-refractivity contribution >= 4 is 73.1 Å². The zero-order chi connectivity index (χ0) is 23.5. The van der Waals surface area contributed by atoms with E-state index in [9.17, 15) is 5.26 Å². The summed E-state index contributed by atoms with van der Waals surface area (Å²) in [5.74, 6) is 0.866. The van der Waals surface area contributed by atoms with E-state index in [1.807, 2.05) is 34.9 Å². The maximum absolute atomic E-state index is 9.77. The first-order valence-electron chi connectivity index (χ1n) is 10.7. The third-order valence-electron chi connectivity index (χ3n) is 5.63. The van der Waals surface area contributed by atoms with Crippen LogP contribution in [0, 0.1) is 18.5 Å². The summed E-state index contributed by atoms with van der Waals surface area (Å²) in [5, 5.41) is 12.2. The van der Waals surface area contributed by atoms with Gasteiger partial charge in [0.15, 0.2) is 0 Å². The molecule has 0 saturated heterocycles. The average Bonchev–Trinajstić information content (AvgIpc) is 3.26. The Morgan fingerprint density at radius 3 is 2.53 bits per heavy atom. The van der Waals surface area contributed by atoms with Gasteiger partial charge in [0.25, 0.3) is 0 Å². The molecule has 0 fully saturated rings. The van der Waals surface area contributed by atoms with E-state index >= 15 is 0 Å². The van der Waals surface area contributed by atoms with Crippen LogP contribution in [0.4, 0.5) is 0 Å². The fraction of sp³-hybridized carbons (Fsp3) is 0.0714. The number of hydrogen-bond acceptors (Lipinski definition) is 3. The van der Waals surface area contributed by atoms with Crippen molar-refractivity contribution in [3.05, 3.63) is 109 Å². The number of halogens is 2. The molecule has 1 aromatic heterocycles. The lowest BCUT2D eigenvalue weighted by Gasteiger charge is -2.13. The van der Waals surface area contributed by atoms with Crippen LogP contribution in [0.5, 0.6) is 5.75 Å². The van der Waals surface area contributed by atoms with Crippen LogP contribution in [0.1, 0.15) is 11.1 Å². The van der Waals surface area contributed by atoms with E-state index in [2.05, 4.69) is 111 Å². The van der Waals surface area contributed by atoms with Crippen molar-refractivity contribution < 1.29 is 4.74 Å². The minimum Gasteiger partial charge on any atom is -0.487 e. The van der Waals surface area contributed by atoms with Gasteiger partial charge in [0.2, 0.25) is 0 Å². The van der Waals surface area contributed by atoms with E-state index in [0.717, 1.165) is 35.1 Å². The predicted molar refractivity (Wildman–Crippen MR) is 153 cm³/mol. The van der Waals surface area contributed by atoms with Crippen molar-refractivity contribution in [3.63, 3.8) is 0 Å². The predicted octanol–water partition coefficient (Wildman–Crippen LogP) is 7.58. The molecule has 34 heavy (non-hydrogen) atoms. The molecule has 0 amide bonds. The smallest absolute Gasteiger partial charge is 0.146 e. The summed E-state index contributed by atoms with van der Waals surface area (Å²) < 4.78 is 10.3. The van der Waals surface area contributed by atoms with E-state index in [1.165, 1.54) is 10.8 Å². The molecular formula is C28H19I2N3O. The van der Waals surface area contributed by atoms with E-state index in [-0.39, 0.29) is 0 Å². The minimum atomic E-state index is 0.476. The molecule has 0 bridgehead atoms. The van der Waals surface area contributed by atoms with Crippen molar-refractivity contribution in [1.29, 1.82) is 5.26 Å². The van der Waals surface area contributed by atoms with Gasteiger partial charge in [-0.1, -0.05) is 54.6 Å². The summed E-state index contributed by atoms with van der Waals surface area (Å²) in [6, 6.07) is 29.1. The summed E-state index contributed by atoms with van der Waals surface area (Å²) in [5.41, 5.74) is 4.75. The Morgan fingerprint density at radius 1 is 0.971 bits per heavy atom. The quantitative estimate of drug-likeness (QED) is 0.139. The molecule has 4 aromatic carbocycles. The lowest BCUT2D eigenvalue weighted by atomic mass is 10.1. The highest BCUT2D eigenvalue weighted by Gasteiger charge is 2.11. The highest BCUT2D eigenvalue weighted by molar-refractivity contribution is 14.1. The van der Waals surface area contributed by atoms with Crippen LogP contribution in [0.2, 0.25) is 0 Å². The van der Waals surface area contributed by atoms with Crippen LogP contribution in [0.3, 0.4) is 0 Å². The number of imidazole rings is 1. The van der Waals surface area contributed by atoms with Gasteiger partial charge in [-0.05, 0) is 97.4 Å². The Morgan fingerprint density at radius 2 is 1.71 bits per heavy atom. The second-order valence-electron chi connectivity index (χ2n) is 7.88. The Labute approximate surface area is 225 Å². The Kier molecular flexibility index (Phi) is 6.83. The molecule has 0 saturated carbocycles. The molecule has 0 unspecified atom stereocenters. The van der Waals surface area contributed by atoms with Gasteiger partial charge in [-0.15, -0.1) is 0 Å². The summed E-state index contributed by atoms with van der Waals surface area (Å²) >= 11 is 4.62. The molecule has 6 heteroatoms. The number of nitriles is 1. The van der Waals surface area contributed by atoms with Gasteiger partial charge < -0.3 is 9.30 Å². The molecular weight excluding hydrogens is 648 g/mol. The fourth-order valence-electron chi connectivity index (χ4n) is 4.00. The van der Waals surface area contributed by atoms with Crippen LogP contribution in [-0.2, 0) is 13.2 Å². The Bertz CT molecular complexity index is 1550. The Hall–Kier alpha value is -2.90. The van der Waals surface area contributed by atoms with E-state index in [4.69, 9.17) is 4.74 Å². The number of hydrogen-bond donors (Lipinski definition) is 0. The third-order valence-corrected chi connectivity index (χ3v) is 7.23. The molecule has 5 rings (SSSR count). The molecule has 4 nitrogen and oxygen atoms in total. The number of benzene rings is 4. The summed E-state index contributed by atoms with van der Waals surface area (Å²) in [7, 11) is 0. The van der Waals surface area contributed by atoms with Crippen molar-refractivity contribution in [2.24, 2.45) is 0 Å². The lowest BCUT2D eigenvalue weighted by molar-refractivity contribution is 0.303. The topological polar surface area (TPSA) is 50.8 Å². The van der Waals surface area contributed by atoms with Crippen LogP contribution in [0.15, 0.2) is 90.8 Å². The lowest BCUT2D eigenvalue weighted by Crippen LogP contribution is -2.01. The fourth-order valence-corrected chi connectivity index (χ4v) is 6.13. The van der Waals surface area contributed by atoms with Crippen molar-refractivity contribution in [1.82, 2.24) is 9.55 Å². The number of para-hydroxylation sites is 2. The first-order chi connectivity index (χ1) is 16.6. The Balaban J connectivity index is 1.37. The van der Waals surface area contributed by atoms with Crippen molar-refractivity contribution in [2.45, 2.75) is 13.2 Å². The first kappa shape index (κ1) is 22.9. The highest BCUT2D eigenvalue weighted by Crippen LogP contribution is 2.31. The van der Waals surface area contributed by atoms with Gasteiger partial charge in [0.1, 0.15) is 12.4 Å². The maximum Gasteiger partial charge on any atom is 0.146 e. The minimum absolute atomic E-state index is 0.476. The molecule has 0 atom stereocenters. The SMILES string of the molecule is N#C/C(=C/c1cc(I)c(OCc2cccc3ccccc23)c(I)c1)Cn1cnc2ccccc21. The average molecular weight is 667 g/mol. The van der Waals surface area contributed by atoms with E-state index < -0.39 is 0 Å². The van der Waals surface area contributed by atoms with Gasteiger partial charge in [-0.3, -0.25) is 0 Å². The number of rotatable bonds is 6. The summed E-state index contributed by atoms with van der Waals surface area (Å²) in [6.07, 6.45) is 3.72. The van der Waals surface area contributed by atoms with Gasteiger partial charge in [0, 0.05) is 5.57 Å². The molecule has 0 aliphatic carbocycles. The maximum atomic E-state index is 9.77. The van der Waals surface area contributed by atoms with Gasteiger partial charge >= 0.3 is 0 Å². The summed E-state index contributed by atoms with van der Waals surface area (Å²) in [4.78, 5) is 4.42. The van der Waals surface area contributed by atoms with Gasteiger partial charge in [0.05, 0.1) is 37.1 Å². The van der Waals surface area contributed by atoms with Crippen LogP contribution >= 0.6 is 45.2 Å². The first-order valence-corrected chi connectivity index (χ1v) is 12.9. The molecule has 0 spiro atoms. The summed E-state index contributed by atoms with van der Waals surface area (Å²) in [6.45, 7) is 0.975. The normalized spacial score (nSPS) is 11.6. The third kappa shape index (κ3) is 4.81. The second-order valence-corrected chi connectivity index (χ2v) is 10.2. The van der Waals surface area contributed by atoms with E-state index in [1.54, 1.807) is 6.33 Å². The highest BCUT2D eigenvalue weighted by atomic mass is 127. The molecule has 1 heterocycles. The second kappa shape index (κ2) is 10.2. The number of allylic oxidation sites excluding steroid dienone is 1. The zero-order valence-corrected chi connectivity index (χ0v) is 22.4. The van der Waals surface area contributed by atoms with Gasteiger partial charge in [-0.2, -0.15) is 5.26 Å². The van der Waals surface area contributed by atoms with Crippen LogP contribution < -0.4 is 4.74 Å². The number of fused-ring (bicyclic) bond motifs is 2. The number of nitrogens with zero attached hydrogens (tertiary/aromatic N) is 3. The van der Waals surface area contributed by atoms with Crippen molar-refractivity contribution in [2.75, 3.05) is 0 Å². The molecule has 0 aliphatic rings. The molecule has 166 valence electrons. The van der Waals surface area contributed by atoms with Crippen LogP contribution in [0.25, 0.3) is 27.9 Å². The molecule has 0 N–H and O–H groups in total. The molecule has 5 aromatic rings. The zero-order valence-electron chi connectivity index (χ0n) is 18.1. The number of aromatic nitrogens is 2. The largest absolute Gasteiger partial charge is 0.487 e. The standard InChI is InChI=1S/C28H19I2N3O/c29-24-13-19(12-20(15-31)16-33-18-32-26-10-3-4-11-27(26)33)14-25(30)28(24)34-17-22-8-5-7-21-6-1-2-9-23(21)22/h1-14,18H,16-17H2/b20-12-. The van der Waals surface area contributed by atoms with E-state index in [0.29, 0.717) is 18.7 Å². The molecule has 0 aliphatic heterocycles. The van der Waals surface area contributed by atoms with Gasteiger partial charge in [-0.25, -0.2) is 4.98 Å². The van der Waals surface area contributed by atoms with Crippen LogP contribution in [-0.4, -0.2) is 9.55 Å². The monoisotopic (exact) mass is 667 g/mol. The molecule has 0 radical (unpaired) electrons. The number of ether oxygens (including phenoxy) is 1. The van der Waals surface area contributed by atoms with Crippen molar-refractivity contribution in [3.8, 4) is 11.8 Å².